The summed E-state index contributed by atoms with van der Waals surface area (Å²) in [5, 5.41) is 0. The fraction of sp³-hybridized carbons (Fsp3) is 0.194. The molecule has 1 aliphatic rings. The van der Waals surface area contributed by atoms with Crippen LogP contribution in [0.3, 0.4) is 0 Å². The molecule has 39 heavy (non-hydrogen) atoms. The number of thiazole rings is 1. The van der Waals surface area contributed by atoms with Crippen molar-refractivity contribution in [2.45, 2.75) is 26.5 Å². The third-order valence-electron chi connectivity index (χ3n) is 6.62. The van der Waals surface area contributed by atoms with Crippen LogP contribution in [0.1, 0.15) is 35.2 Å². The van der Waals surface area contributed by atoms with Crippen LogP contribution in [0.2, 0.25) is 0 Å². The molecule has 1 aromatic heterocycles. The van der Waals surface area contributed by atoms with E-state index in [1.54, 1.807) is 18.6 Å². The molecule has 0 N–H and O–H groups in total. The Labute approximate surface area is 229 Å². The Morgan fingerprint density at radius 1 is 1.00 bits per heavy atom. The molecule has 0 bridgehead atoms. The molecule has 0 radical (unpaired) electrons. The van der Waals surface area contributed by atoms with Gasteiger partial charge in [0.25, 0.3) is 5.56 Å². The third-order valence-corrected chi connectivity index (χ3v) is 7.60. The van der Waals surface area contributed by atoms with Gasteiger partial charge in [0.05, 0.1) is 36.1 Å². The Morgan fingerprint density at radius 3 is 2.46 bits per heavy atom. The van der Waals surface area contributed by atoms with Crippen LogP contribution in [-0.2, 0) is 16.1 Å². The maximum Gasteiger partial charge on any atom is 0.338 e. The molecule has 198 valence electrons. The summed E-state index contributed by atoms with van der Waals surface area (Å²) < 4.78 is 18.8. The molecular formula is C31H28N2O5S. The minimum Gasteiger partial charge on any atom is -0.496 e. The molecule has 0 saturated heterocycles. The quantitative estimate of drug-likeness (QED) is 0.327. The zero-order valence-corrected chi connectivity index (χ0v) is 23.0. The average Bonchev–Trinajstić information content (AvgIpc) is 3.25. The van der Waals surface area contributed by atoms with Crippen molar-refractivity contribution >= 4 is 23.4 Å². The number of carbonyl (C=O) groups excluding carboxylic acids is 1. The summed E-state index contributed by atoms with van der Waals surface area (Å²) in [7, 11) is 2.95. The number of nitrogens with zero attached hydrogens (tertiary/aromatic N) is 2. The van der Waals surface area contributed by atoms with E-state index in [1.807, 2.05) is 85.8 Å². The van der Waals surface area contributed by atoms with Crippen LogP contribution >= 0.6 is 11.3 Å². The molecule has 1 atom stereocenters. The molecule has 8 heteroatoms. The Hall–Kier alpha value is -4.43. The number of benzene rings is 3. The second kappa shape index (κ2) is 11.1. The Morgan fingerprint density at radius 2 is 1.74 bits per heavy atom. The second-order valence-corrected chi connectivity index (χ2v) is 10.1. The molecule has 2 heterocycles. The molecule has 0 amide bonds. The van der Waals surface area contributed by atoms with Crippen LogP contribution in [0.15, 0.2) is 93.9 Å². The summed E-state index contributed by atoms with van der Waals surface area (Å²) in [5.74, 6) is 0.994. The maximum absolute atomic E-state index is 13.8. The average molecular weight is 541 g/mol. The van der Waals surface area contributed by atoms with Crippen LogP contribution in [0.25, 0.3) is 6.08 Å². The predicted molar refractivity (Wildman–Crippen MR) is 151 cm³/mol. The highest BCUT2D eigenvalue weighted by molar-refractivity contribution is 7.07. The Kier molecular flexibility index (Phi) is 7.47. The van der Waals surface area contributed by atoms with Crippen LogP contribution < -0.4 is 24.4 Å². The van der Waals surface area contributed by atoms with E-state index >= 15 is 0 Å². The number of esters is 1. The van der Waals surface area contributed by atoms with Crippen molar-refractivity contribution in [2.24, 2.45) is 4.99 Å². The number of aromatic nitrogens is 1. The molecule has 0 unspecified atom stereocenters. The molecule has 3 aromatic carbocycles. The number of carbonyl (C=O) groups is 1. The largest absolute Gasteiger partial charge is 0.496 e. The molecule has 5 rings (SSSR count). The highest BCUT2D eigenvalue weighted by Crippen LogP contribution is 2.30. The number of fused-ring (bicyclic) bond motifs is 1. The number of aryl methyl sites for hydroxylation is 1. The van der Waals surface area contributed by atoms with E-state index in [2.05, 4.69) is 4.99 Å². The van der Waals surface area contributed by atoms with Gasteiger partial charge in [0.15, 0.2) is 4.80 Å². The van der Waals surface area contributed by atoms with Crippen molar-refractivity contribution in [2.75, 3.05) is 14.2 Å². The van der Waals surface area contributed by atoms with Crippen molar-refractivity contribution in [3.63, 3.8) is 0 Å². The highest BCUT2D eigenvalue weighted by Gasteiger charge is 2.32. The van der Waals surface area contributed by atoms with Gasteiger partial charge in [-0.25, -0.2) is 9.79 Å². The molecule has 0 spiro atoms. The number of hydrogen-bond donors (Lipinski definition) is 0. The van der Waals surface area contributed by atoms with Crippen molar-refractivity contribution < 1.29 is 19.0 Å². The predicted octanol–water partition coefficient (Wildman–Crippen LogP) is 4.30. The van der Waals surface area contributed by atoms with Gasteiger partial charge in [-0.15, -0.1) is 0 Å². The lowest BCUT2D eigenvalue weighted by Gasteiger charge is -2.24. The zero-order valence-electron chi connectivity index (χ0n) is 22.1. The Bertz CT molecular complexity index is 1750. The second-order valence-electron chi connectivity index (χ2n) is 9.11. The lowest BCUT2D eigenvalue weighted by Crippen LogP contribution is -2.39. The van der Waals surface area contributed by atoms with Gasteiger partial charge in [-0.05, 0) is 54.8 Å². The summed E-state index contributed by atoms with van der Waals surface area (Å²) in [6, 6.07) is 22.4. The lowest BCUT2D eigenvalue weighted by molar-refractivity contribution is -0.136. The molecule has 4 aromatic rings. The van der Waals surface area contributed by atoms with Crippen LogP contribution in [-0.4, -0.2) is 24.8 Å². The summed E-state index contributed by atoms with van der Waals surface area (Å²) >= 11 is 1.29. The van der Waals surface area contributed by atoms with Crippen molar-refractivity contribution in [1.29, 1.82) is 0 Å². The fourth-order valence-electron chi connectivity index (χ4n) is 4.67. The van der Waals surface area contributed by atoms with Gasteiger partial charge in [0.2, 0.25) is 0 Å². The molecule has 0 aliphatic carbocycles. The van der Waals surface area contributed by atoms with Gasteiger partial charge in [0, 0.05) is 5.56 Å². The van der Waals surface area contributed by atoms with E-state index in [0.29, 0.717) is 33.0 Å². The SMILES string of the molecule is COC(=O)C1=C(C)N=c2sc(=Cc3ccc(OC)c(COc4ccccc4C)c3)c(=O)n2[C@@H]1c1ccccc1. The topological polar surface area (TPSA) is 79.1 Å². The van der Waals surface area contributed by atoms with E-state index in [4.69, 9.17) is 14.2 Å². The van der Waals surface area contributed by atoms with Crippen molar-refractivity contribution in [3.8, 4) is 11.5 Å². The van der Waals surface area contributed by atoms with E-state index in [9.17, 15) is 9.59 Å². The number of para-hydroxylation sites is 1. The molecular weight excluding hydrogens is 512 g/mol. The first kappa shape index (κ1) is 26.2. The summed E-state index contributed by atoms with van der Waals surface area (Å²) in [6.07, 6.45) is 1.83. The minimum atomic E-state index is -0.633. The summed E-state index contributed by atoms with van der Waals surface area (Å²) in [5.41, 5.74) is 4.18. The van der Waals surface area contributed by atoms with Crippen LogP contribution in [0, 0.1) is 6.92 Å². The number of hydrogen-bond acceptors (Lipinski definition) is 7. The first-order valence-corrected chi connectivity index (χ1v) is 13.2. The monoisotopic (exact) mass is 540 g/mol. The zero-order chi connectivity index (χ0) is 27.5. The van der Waals surface area contributed by atoms with E-state index in [-0.39, 0.29) is 5.56 Å². The molecule has 0 fully saturated rings. The van der Waals surface area contributed by atoms with E-state index in [0.717, 1.165) is 28.0 Å². The Balaban J connectivity index is 1.58. The number of allylic oxidation sites excluding steroid dienone is 1. The number of methoxy groups -OCH3 is 2. The fourth-order valence-corrected chi connectivity index (χ4v) is 5.72. The lowest BCUT2D eigenvalue weighted by atomic mass is 9.96. The molecule has 1 aliphatic heterocycles. The minimum absolute atomic E-state index is 0.227. The maximum atomic E-state index is 13.8. The van der Waals surface area contributed by atoms with Crippen LogP contribution in [0.4, 0.5) is 0 Å². The number of rotatable bonds is 7. The molecule has 7 nitrogen and oxygen atoms in total. The van der Waals surface area contributed by atoms with Gasteiger partial charge in [-0.3, -0.25) is 9.36 Å². The van der Waals surface area contributed by atoms with Gasteiger partial charge in [-0.2, -0.15) is 0 Å². The third kappa shape index (κ3) is 5.15. The van der Waals surface area contributed by atoms with Gasteiger partial charge in [0.1, 0.15) is 18.1 Å². The normalized spacial score (nSPS) is 15.0. The standard InChI is InChI=1S/C31H28N2O5S/c1-19-10-8-9-13-24(19)38-18-23-16-21(14-15-25(23)36-3)17-26-29(34)33-28(22-11-6-5-7-12-22)27(30(35)37-4)20(2)32-31(33)39-26/h5-17,28H,18H2,1-4H3/t28-/m1/s1. The number of ether oxygens (including phenoxy) is 3. The van der Waals surface area contributed by atoms with Crippen molar-refractivity contribution in [3.05, 3.63) is 126 Å². The van der Waals surface area contributed by atoms with Gasteiger partial charge >= 0.3 is 5.97 Å². The summed E-state index contributed by atoms with van der Waals surface area (Å²) in [6.45, 7) is 4.08. The first-order valence-electron chi connectivity index (χ1n) is 12.4. The highest BCUT2D eigenvalue weighted by atomic mass is 32.1. The van der Waals surface area contributed by atoms with Crippen molar-refractivity contribution in [1.82, 2.24) is 4.57 Å². The smallest absolute Gasteiger partial charge is 0.338 e. The van der Waals surface area contributed by atoms with E-state index < -0.39 is 12.0 Å². The molecule has 0 saturated carbocycles. The van der Waals surface area contributed by atoms with E-state index in [1.165, 1.54) is 18.4 Å². The van der Waals surface area contributed by atoms with Crippen LogP contribution in [0.5, 0.6) is 11.5 Å². The van der Waals surface area contributed by atoms with Gasteiger partial charge in [-0.1, -0.05) is 65.9 Å². The summed E-state index contributed by atoms with van der Waals surface area (Å²) in [4.78, 5) is 31.7. The van der Waals surface area contributed by atoms with Gasteiger partial charge < -0.3 is 14.2 Å². The first-order chi connectivity index (χ1) is 18.9.